The quantitative estimate of drug-likeness (QED) is 0.603. The van der Waals surface area contributed by atoms with E-state index in [9.17, 15) is 5.21 Å². The zero-order valence-electron chi connectivity index (χ0n) is 12.2. The van der Waals surface area contributed by atoms with Gasteiger partial charge in [-0.15, -0.1) is 5.06 Å². The van der Waals surface area contributed by atoms with Gasteiger partial charge in [-0.25, -0.2) is 5.21 Å². The molecule has 110 valence electrons. The first kappa shape index (κ1) is 15.0. The maximum atomic E-state index is 9.46. The molecule has 0 aliphatic carbocycles. The lowest BCUT2D eigenvalue weighted by Crippen LogP contribution is -3.01. The second-order valence-electron chi connectivity index (χ2n) is 4.96. The Morgan fingerprint density at radius 2 is 2.20 bits per heavy atom. The number of hydrogen-bond donors (Lipinski definition) is 3. The molecule has 0 saturated carbocycles. The fraction of sp³-hybridized carbons (Fsp3) is 0.467. The van der Waals surface area contributed by atoms with Crippen LogP contribution in [0.4, 0.5) is 0 Å². The van der Waals surface area contributed by atoms with Gasteiger partial charge in [0.05, 0.1) is 0 Å². The Bertz CT molecular complexity index is 535. The summed E-state index contributed by atoms with van der Waals surface area (Å²) in [4.78, 5) is 6.03. The third-order valence-electron chi connectivity index (χ3n) is 3.28. The number of hydrogen-bond acceptors (Lipinski definition) is 4. The molecule has 1 atom stereocenters. The van der Waals surface area contributed by atoms with E-state index in [2.05, 4.69) is 5.32 Å². The molecule has 1 saturated heterocycles. The van der Waals surface area contributed by atoms with Crippen LogP contribution in [-0.2, 0) is 0 Å². The number of nitrogens with one attached hydrogen (secondary N) is 2. The molecule has 0 radical (unpaired) electrons. The zero-order valence-corrected chi connectivity index (χ0v) is 12.2. The van der Waals surface area contributed by atoms with Gasteiger partial charge in [-0.3, -0.25) is 0 Å². The van der Waals surface area contributed by atoms with E-state index in [1.54, 1.807) is 13.2 Å². The van der Waals surface area contributed by atoms with Crippen LogP contribution in [0.15, 0.2) is 18.2 Å². The van der Waals surface area contributed by atoms with Crippen LogP contribution in [0.25, 0.3) is 12.3 Å². The smallest absolute Gasteiger partial charge is 0.155 e. The fourth-order valence-electron chi connectivity index (χ4n) is 2.35. The molecular formula is C15H24N3O2+. The van der Waals surface area contributed by atoms with Gasteiger partial charge in [-0.2, -0.15) is 5.06 Å². The summed E-state index contributed by atoms with van der Waals surface area (Å²) in [7, 11) is 1.67. The topological polar surface area (TPSA) is 49.2 Å². The van der Waals surface area contributed by atoms with Crippen LogP contribution in [0.3, 0.4) is 0 Å². The summed E-state index contributed by atoms with van der Waals surface area (Å²) < 4.78 is 0. The van der Waals surface area contributed by atoms with E-state index in [-0.39, 0.29) is 0 Å². The number of hydroxylamine groups is 4. The Kier molecular flexibility index (Phi) is 5.55. The van der Waals surface area contributed by atoms with E-state index in [0.29, 0.717) is 5.06 Å². The summed E-state index contributed by atoms with van der Waals surface area (Å²) in [5.74, 6) is 0.837. The second-order valence-corrected chi connectivity index (χ2v) is 4.96. The van der Waals surface area contributed by atoms with Crippen LogP contribution in [0.1, 0.15) is 13.3 Å². The molecule has 1 fully saturated rings. The van der Waals surface area contributed by atoms with Gasteiger partial charge >= 0.3 is 0 Å². The highest BCUT2D eigenvalue weighted by atomic mass is 16.7. The monoisotopic (exact) mass is 278 g/mol. The second kappa shape index (κ2) is 7.40. The first-order valence-electron chi connectivity index (χ1n) is 7.14. The van der Waals surface area contributed by atoms with E-state index in [1.807, 2.05) is 36.3 Å². The van der Waals surface area contributed by atoms with Gasteiger partial charge in [0.15, 0.2) is 5.75 Å². The van der Waals surface area contributed by atoms with Gasteiger partial charge in [0.25, 0.3) is 0 Å². The number of rotatable bonds is 3. The Balaban J connectivity index is 2.28. The molecule has 0 spiro atoms. The van der Waals surface area contributed by atoms with E-state index in [1.165, 1.54) is 0 Å². The molecule has 1 unspecified atom stereocenters. The fourth-order valence-corrected chi connectivity index (χ4v) is 2.35. The molecule has 5 heteroatoms. The lowest BCUT2D eigenvalue weighted by atomic mass is 10.2. The zero-order chi connectivity index (χ0) is 14.4. The highest BCUT2D eigenvalue weighted by Crippen LogP contribution is 2.05. The van der Waals surface area contributed by atoms with Crippen molar-refractivity contribution >= 4 is 12.3 Å². The van der Waals surface area contributed by atoms with Crippen molar-refractivity contribution in [3.63, 3.8) is 0 Å². The van der Waals surface area contributed by atoms with Crippen LogP contribution in [-0.4, -0.2) is 43.5 Å². The van der Waals surface area contributed by atoms with Gasteiger partial charge in [-0.1, -0.05) is 12.1 Å². The third kappa shape index (κ3) is 4.05. The molecule has 1 aromatic carbocycles. The average Bonchev–Trinajstić information content (AvgIpc) is 2.67. The van der Waals surface area contributed by atoms with Crippen molar-refractivity contribution in [1.82, 2.24) is 10.4 Å². The lowest BCUT2D eigenvalue weighted by Gasteiger charge is -2.20. The first-order chi connectivity index (χ1) is 9.70. The molecular weight excluding hydrogens is 254 g/mol. The lowest BCUT2D eigenvalue weighted by molar-refractivity contribution is -1.01. The van der Waals surface area contributed by atoms with Gasteiger partial charge in [0, 0.05) is 30.1 Å². The van der Waals surface area contributed by atoms with E-state index in [4.69, 9.17) is 4.84 Å². The van der Waals surface area contributed by atoms with Crippen LogP contribution in [0.2, 0.25) is 0 Å². The summed E-state index contributed by atoms with van der Waals surface area (Å²) in [6, 6.07) is 5.90. The van der Waals surface area contributed by atoms with Crippen LogP contribution in [0, 0.1) is 0 Å². The van der Waals surface area contributed by atoms with Crippen molar-refractivity contribution in [2.75, 3.05) is 33.2 Å². The number of nitrogens with zero attached hydrogens (tertiary/aromatic N) is 1. The average molecular weight is 278 g/mol. The third-order valence-corrected chi connectivity index (χ3v) is 3.28. The molecule has 2 rings (SSSR count). The van der Waals surface area contributed by atoms with Crippen molar-refractivity contribution in [3.8, 4) is 5.75 Å². The van der Waals surface area contributed by atoms with Gasteiger partial charge < -0.3 is 10.2 Å². The number of quaternary nitrogens is 1. The van der Waals surface area contributed by atoms with Crippen molar-refractivity contribution in [1.29, 1.82) is 0 Å². The van der Waals surface area contributed by atoms with E-state index in [0.717, 1.165) is 48.8 Å². The van der Waals surface area contributed by atoms with E-state index < -0.39 is 0 Å². The maximum Gasteiger partial charge on any atom is 0.155 e. The van der Waals surface area contributed by atoms with Crippen LogP contribution < -0.4 is 25.7 Å². The van der Waals surface area contributed by atoms with Crippen molar-refractivity contribution in [2.45, 2.75) is 13.3 Å². The largest absolute Gasteiger partial charge is 0.405 e. The Labute approximate surface area is 119 Å². The molecule has 1 aromatic rings. The molecule has 0 amide bonds. The summed E-state index contributed by atoms with van der Waals surface area (Å²) in [6.07, 6.45) is 4.85. The summed E-state index contributed by atoms with van der Waals surface area (Å²) in [5.41, 5.74) is 0. The minimum atomic E-state index is 0.296. The van der Waals surface area contributed by atoms with Gasteiger partial charge in [0.2, 0.25) is 0 Å². The van der Waals surface area contributed by atoms with Crippen molar-refractivity contribution in [2.24, 2.45) is 0 Å². The Morgan fingerprint density at radius 1 is 1.35 bits per heavy atom. The molecule has 5 nitrogen and oxygen atoms in total. The van der Waals surface area contributed by atoms with Crippen molar-refractivity contribution in [3.05, 3.63) is 28.6 Å². The molecule has 3 N–H and O–H groups in total. The van der Waals surface area contributed by atoms with Crippen molar-refractivity contribution < 1.29 is 15.1 Å². The minimum absolute atomic E-state index is 0.296. The molecule has 1 aliphatic rings. The molecule has 1 aliphatic heterocycles. The molecule has 0 aromatic heterocycles. The molecule has 0 bridgehead atoms. The summed E-state index contributed by atoms with van der Waals surface area (Å²) >= 11 is 0. The van der Waals surface area contributed by atoms with Gasteiger partial charge in [0.1, 0.15) is 13.2 Å². The highest BCUT2D eigenvalue weighted by Gasteiger charge is 2.11. The van der Waals surface area contributed by atoms with Gasteiger partial charge in [-0.05, 0) is 32.0 Å². The number of benzene rings is 1. The predicted octanol–water partition coefficient (Wildman–Crippen LogP) is -1.28. The molecule has 1 heterocycles. The normalized spacial score (nSPS) is 20.8. The van der Waals surface area contributed by atoms with Crippen LogP contribution >= 0.6 is 0 Å². The standard InChI is InChI=1S/C15H23N3O2/c1-3-14-13(12-17(2)19)6-4-7-15(14)20-18-10-5-8-16-9-11-18/h3-4,6-7,12,16,19H,5,8-11H2,1-2H3/p+1/b13-12-,14-3+. The molecule has 20 heavy (non-hydrogen) atoms. The SMILES string of the molecule is C/C=c1/c(ON2CCCNCC2)ccc/c1=C/[NH+](C)O. The summed E-state index contributed by atoms with van der Waals surface area (Å²) in [6.45, 7) is 5.77. The predicted molar refractivity (Wildman–Crippen MR) is 78.7 cm³/mol. The van der Waals surface area contributed by atoms with Crippen LogP contribution in [0.5, 0.6) is 5.75 Å². The Morgan fingerprint density at radius 3 is 2.95 bits per heavy atom. The van der Waals surface area contributed by atoms with E-state index >= 15 is 0 Å². The minimum Gasteiger partial charge on any atom is -0.405 e. The Hall–Kier alpha value is -1.40. The summed E-state index contributed by atoms with van der Waals surface area (Å²) in [5, 5.41) is 17.1. The first-order valence-corrected chi connectivity index (χ1v) is 7.14. The maximum absolute atomic E-state index is 9.46. The highest BCUT2D eigenvalue weighted by molar-refractivity contribution is 5.36.